The van der Waals surface area contributed by atoms with Crippen LogP contribution in [0, 0.1) is 0 Å². The van der Waals surface area contributed by atoms with E-state index in [9.17, 15) is 14.4 Å². The van der Waals surface area contributed by atoms with E-state index in [2.05, 4.69) is 9.84 Å². The van der Waals surface area contributed by atoms with E-state index in [0.29, 0.717) is 10.8 Å². The van der Waals surface area contributed by atoms with Crippen molar-refractivity contribution in [1.29, 1.82) is 0 Å². The molecule has 2 aromatic heterocycles. The van der Waals surface area contributed by atoms with Crippen molar-refractivity contribution in [1.82, 2.24) is 9.78 Å². The van der Waals surface area contributed by atoms with Gasteiger partial charge in [0.15, 0.2) is 5.69 Å². The molecule has 0 fully saturated rings. The summed E-state index contributed by atoms with van der Waals surface area (Å²) >= 11 is 0. The number of methoxy groups -OCH3 is 1. The SMILES string of the molecule is COC(=O)c1ccc(COC(=O)c2nn(CCO)c(=O)c3ccccc23)o1. The topological polar surface area (TPSA) is 121 Å². The van der Waals surface area contributed by atoms with Gasteiger partial charge in [0, 0.05) is 5.39 Å². The molecule has 0 spiro atoms. The van der Waals surface area contributed by atoms with Gasteiger partial charge in [-0.05, 0) is 18.2 Å². The molecule has 3 aromatic rings. The zero-order valence-corrected chi connectivity index (χ0v) is 14.4. The lowest BCUT2D eigenvalue weighted by atomic mass is 10.1. The Balaban J connectivity index is 1.87. The Morgan fingerprint density at radius 1 is 1.15 bits per heavy atom. The summed E-state index contributed by atoms with van der Waals surface area (Å²) in [6, 6.07) is 9.39. The van der Waals surface area contributed by atoms with Gasteiger partial charge in [-0.2, -0.15) is 5.10 Å². The fourth-order valence-corrected chi connectivity index (χ4v) is 2.50. The second kappa shape index (κ2) is 7.83. The summed E-state index contributed by atoms with van der Waals surface area (Å²) in [5.41, 5.74) is -0.469. The number of benzene rings is 1. The van der Waals surface area contributed by atoms with Crippen molar-refractivity contribution in [3.05, 3.63) is 64.0 Å². The number of ether oxygens (including phenoxy) is 2. The molecule has 0 unspecified atom stereocenters. The van der Waals surface area contributed by atoms with E-state index in [-0.39, 0.29) is 37.0 Å². The van der Waals surface area contributed by atoms with Crippen molar-refractivity contribution in [3.63, 3.8) is 0 Å². The molecule has 27 heavy (non-hydrogen) atoms. The second-order valence-electron chi connectivity index (χ2n) is 5.48. The lowest BCUT2D eigenvalue weighted by molar-refractivity contribution is 0.0431. The molecule has 0 amide bonds. The standard InChI is InChI=1S/C18H16N2O7/c1-25-17(23)14-7-6-11(27-14)10-26-18(24)15-12-4-2-3-5-13(12)16(22)20(19-15)8-9-21/h2-7,21H,8-10H2,1H3. The number of fused-ring (bicyclic) bond motifs is 1. The van der Waals surface area contributed by atoms with Gasteiger partial charge < -0.3 is 19.0 Å². The maximum atomic E-state index is 12.5. The lowest BCUT2D eigenvalue weighted by Gasteiger charge is -2.09. The fraction of sp³-hybridized carbons (Fsp3) is 0.222. The van der Waals surface area contributed by atoms with Crippen LogP contribution < -0.4 is 5.56 Å². The molecule has 0 aliphatic carbocycles. The van der Waals surface area contributed by atoms with Crippen LogP contribution in [0.4, 0.5) is 0 Å². The van der Waals surface area contributed by atoms with Gasteiger partial charge in [0.2, 0.25) is 5.76 Å². The first-order chi connectivity index (χ1) is 13.0. The van der Waals surface area contributed by atoms with Crippen molar-refractivity contribution in [2.75, 3.05) is 13.7 Å². The van der Waals surface area contributed by atoms with Crippen molar-refractivity contribution in [2.24, 2.45) is 0 Å². The third kappa shape index (κ3) is 3.72. The third-order valence-electron chi connectivity index (χ3n) is 3.77. The zero-order valence-electron chi connectivity index (χ0n) is 14.4. The summed E-state index contributed by atoms with van der Waals surface area (Å²) in [6.45, 7) is -0.585. The molecule has 0 radical (unpaired) electrons. The fourth-order valence-electron chi connectivity index (χ4n) is 2.50. The molecule has 2 heterocycles. The molecule has 3 rings (SSSR count). The quantitative estimate of drug-likeness (QED) is 0.639. The Labute approximate surface area is 152 Å². The number of nitrogens with zero attached hydrogens (tertiary/aromatic N) is 2. The number of hydrogen-bond acceptors (Lipinski definition) is 8. The maximum absolute atomic E-state index is 12.5. The molecule has 0 saturated heterocycles. The first kappa shape index (κ1) is 18.3. The van der Waals surface area contributed by atoms with Crippen LogP contribution in [0.3, 0.4) is 0 Å². The van der Waals surface area contributed by atoms with Crippen molar-refractivity contribution >= 4 is 22.7 Å². The second-order valence-corrected chi connectivity index (χ2v) is 5.48. The summed E-state index contributed by atoms with van der Waals surface area (Å²) in [7, 11) is 1.22. The van der Waals surface area contributed by atoms with Crippen LogP contribution in [0.25, 0.3) is 10.8 Å². The molecule has 0 bridgehead atoms. The van der Waals surface area contributed by atoms with Gasteiger partial charge in [0.05, 0.1) is 25.6 Å². The van der Waals surface area contributed by atoms with Gasteiger partial charge in [0.1, 0.15) is 12.4 Å². The molecule has 9 heteroatoms. The van der Waals surface area contributed by atoms with E-state index >= 15 is 0 Å². The van der Waals surface area contributed by atoms with E-state index in [0.717, 1.165) is 4.68 Å². The number of aromatic nitrogens is 2. The minimum absolute atomic E-state index is 0.0105. The minimum Gasteiger partial charge on any atom is -0.463 e. The molecule has 0 atom stereocenters. The number of aliphatic hydroxyl groups excluding tert-OH is 1. The van der Waals surface area contributed by atoms with Gasteiger partial charge >= 0.3 is 11.9 Å². The van der Waals surface area contributed by atoms with E-state index in [1.807, 2.05) is 0 Å². The number of carbonyl (C=O) groups excluding carboxylic acids is 2. The Bertz CT molecular complexity index is 1050. The monoisotopic (exact) mass is 372 g/mol. The van der Waals surface area contributed by atoms with Gasteiger partial charge in [-0.15, -0.1) is 0 Å². The van der Waals surface area contributed by atoms with Crippen LogP contribution in [0.5, 0.6) is 0 Å². The number of esters is 2. The van der Waals surface area contributed by atoms with Gasteiger partial charge in [-0.3, -0.25) is 4.79 Å². The van der Waals surface area contributed by atoms with Gasteiger partial charge in [0.25, 0.3) is 5.56 Å². The molecular formula is C18H16N2O7. The van der Waals surface area contributed by atoms with Gasteiger partial charge in [-0.25, -0.2) is 14.3 Å². The highest BCUT2D eigenvalue weighted by Crippen LogP contribution is 2.16. The van der Waals surface area contributed by atoms with Crippen molar-refractivity contribution in [2.45, 2.75) is 13.2 Å². The van der Waals surface area contributed by atoms with Crippen LogP contribution in [0.1, 0.15) is 26.8 Å². The maximum Gasteiger partial charge on any atom is 0.373 e. The van der Waals surface area contributed by atoms with E-state index in [1.54, 1.807) is 24.3 Å². The number of rotatable bonds is 6. The predicted octanol–water partition coefficient (Wildman–Crippen LogP) is 1.13. The van der Waals surface area contributed by atoms with Crippen LogP contribution in [0.15, 0.2) is 45.6 Å². The Hall–Kier alpha value is -3.46. The summed E-state index contributed by atoms with van der Waals surface area (Å²) < 4.78 is 16.0. The summed E-state index contributed by atoms with van der Waals surface area (Å²) in [4.78, 5) is 36.2. The highest BCUT2D eigenvalue weighted by atomic mass is 16.6. The van der Waals surface area contributed by atoms with Crippen LogP contribution >= 0.6 is 0 Å². The summed E-state index contributed by atoms with van der Waals surface area (Å²) in [5.74, 6) is -1.18. The molecule has 0 aliphatic heterocycles. The van der Waals surface area contributed by atoms with Crippen LogP contribution in [0.2, 0.25) is 0 Å². The number of hydrogen-bond donors (Lipinski definition) is 1. The molecule has 0 aliphatic rings. The average Bonchev–Trinajstić information content (AvgIpc) is 3.17. The largest absolute Gasteiger partial charge is 0.463 e. The third-order valence-corrected chi connectivity index (χ3v) is 3.77. The number of furan rings is 1. The minimum atomic E-state index is -0.770. The summed E-state index contributed by atoms with van der Waals surface area (Å²) in [5, 5.41) is 13.7. The van der Waals surface area contributed by atoms with Crippen LogP contribution in [-0.2, 0) is 22.6 Å². The van der Waals surface area contributed by atoms with Crippen LogP contribution in [-0.4, -0.2) is 40.5 Å². The molecule has 140 valence electrons. The van der Waals surface area contributed by atoms with E-state index in [1.165, 1.54) is 19.2 Å². The number of carbonyl (C=O) groups is 2. The highest BCUT2D eigenvalue weighted by molar-refractivity contribution is 6.02. The Morgan fingerprint density at radius 2 is 1.89 bits per heavy atom. The average molecular weight is 372 g/mol. The first-order valence-corrected chi connectivity index (χ1v) is 8.00. The number of aliphatic hydroxyl groups is 1. The lowest BCUT2D eigenvalue weighted by Crippen LogP contribution is -2.27. The zero-order chi connectivity index (χ0) is 19.4. The molecular weight excluding hydrogens is 356 g/mol. The Kier molecular flexibility index (Phi) is 5.32. The smallest absolute Gasteiger partial charge is 0.373 e. The first-order valence-electron chi connectivity index (χ1n) is 8.00. The van der Waals surface area contributed by atoms with E-state index < -0.39 is 17.5 Å². The van der Waals surface area contributed by atoms with Gasteiger partial charge in [-0.1, -0.05) is 18.2 Å². The Morgan fingerprint density at radius 3 is 2.59 bits per heavy atom. The normalized spacial score (nSPS) is 10.7. The molecule has 1 aromatic carbocycles. The van der Waals surface area contributed by atoms with Crippen molar-refractivity contribution in [3.8, 4) is 0 Å². The predicted molar refractivity (Wildman–Crippen MR) is 92.3 cm³/mol. The highest BCUT2D eigenvalue weighted by Gasteiger charge is 2.19. The summed E-state index contributed by atoms with van der Waals surface area (Å²) in [6.07, 6.45) is 0. The van der Waals surface area contributed by atoms with Crippen molar-refractivity contribution < 1.29 is 28.6 Å². The molecule has 0 saturated carbocycles. The molecule has 1 N–H and O–H groups in total. The molecule has 9 nitrogen and oxygen atoms in total. The van der Waals surface area contributed by atoms with E-state index in [4.69, 9.17) is 14.3 Å².